The van der Waals surface area contributed by atoms with Crippen LogP contribution in [0.15, 0.2) is 74.5 Å². The van der Waals surface area contributed by atoms with Gasteiger partial charge in [0, 0.05) is 0 Å². The first-order chi connectivity index (χ1) is 59.3. The number of nitrogens with zero attached hydrogens (tertiary/aromatic N) is 6. The molecule has 0 fully saturated rings. The van der Waals surface area contributed by atoms with Crippen LogP contribution < -0.4 is 14.7 Å². The number of aromatic nitrogens is 3. The minimum Gasteiger partial charge on any atom is -0.481 e. The van der Waals surface area contributed by atoms with Crippen LogP contribution in [0.25, 0.3) is 0 Å². The third-order valence-corrected chi connectivity index (χ3v) is 24.1. The minimum atomic E-state index is -1.13. The van der Waals surface area contributed by atoms with E-state index in [0.29, 0.717) is 11.8 Å². The molecule has 700 valence electrons. The van der Waals surface area contributed by atoms with Crippen molar-refractivity contribution in [1.29, 1.82) is 0 Å². The SMILES string of the molecule is C=COCN(COC=CC(=O)O)c1nc(N(COC=CCCCCCCCCCCCCCCCCCCCCC)COC=CCCCCCCCCCCCCCCCCCCCCC)nc(N(COC=CC(C)CCCCCCCCCCCCCCCCCCC)COC=CC(C)CCCCCCCCCCCCCCCCCCC)n1. The zero-order valence-corrected chi connectivity index (χ0v) is 80.2. The molecule has 14 nitrogen and oxygen atoms in total. The first-order valence-electron chi connectivity index (χ1n) is 52.1. The zero-order chi connectivity index (χ0) is 86.3. The Labute approximate surface area is 743 Å². The molecule has 1 aromatic heterocycles. The van der Waals surface area contributed by atoms with Gasteiger partial charge >= 0.3 is 5.97 Å². The van der Waals surface area contributed by atoms with Gasteiger partial charge in [0.1, 0.15) is 0 Å². The van der Waals surface area contributed by atoms with Crippen LogP contribution in [0.5, 0.6) is 0 Å². The van der Waals surface area contributed by atoms with E-state index < -0.39 is 5.97 Å². The minimum absolute atomic E-state index is 0.0577. The molecule has 0 aliphatic carbocycles. The van der Waals surface area contributed by atoms with E-state index >= 15 is 0 Å². The molecule has 1 heterocycles. The van der Waals surface area contributed by atoms with Gasteiger partial charge in [-0.1, -0.05) is 498 Å². The zero-order valence-electron chi connectivity index (χ0n) is 80.2. The van der Waals surface area contributed by atoms with Crippen molar-refractivity contribution in [2.75, 3.05) is 55.1 Å². The molecule has 0 spiro atoms. The van der Waals surface area contributed by atoms with E-state index in [2.05, 4.69) is 72.4 Å². The number of anilines is 3. The molecule has 14 heteroatoms. The van der Waals surface area contributed by atoms with Crippen molar-refractivity contribution in [2.45, 2.75) is 530 Å². The van der Waals surface area contributed by atoms with Crippen LogP contribution in [0.2, 0.25) is 0 Å². The van der Waals surface area contributed by atoms with Crippen LogP contribution in [0.3, 0.4) is 0 Å². The van der Waals surface area contributed by atoms with Crippen molar-refractivity contribution in [2.24, 2.45) is 11.8 Å². The first-order valence-corrected chi connectivity index (χ1v) is 52.1. The molecule has 0 aromatic carbocycles. The molecule has 0 radical (unpaired) electrons. The van der Waals surface area contributed by atoms with Crippen LogP contribution in [0.1, 0.15) is 530 Å². The van der Waals surface area contributed by atoms with Crippen LogP contribution in [-0.4, -0.2) is 66.4 Å². The summed E-state index contributed by atoms with van der Waals surface area (Å²) in [5.41, 5.74) is 0. The van der Waals surface area contributed by atoms with Crippen molar-refractivity contribution in [1.82, 2.24) is 15.0 Å². The van der Waals surface area contributed by atoms with Gasteiger partial charge < -0.3 is 33.5 Å². The number of aliphatic carboxylic acids is 1. The summed E-state index contributed by atoms with van der Waals surface area (Å²) in [5.74, 6) is 0.318. The molecule has 1 N–H and O–H groups in total. The van der Waals surface area contributed by atoms with Crippen LogP contribution in [0.4, 0.5) is 17.8 Å². The van der Waals surface area contributed by atoms with Gasteiger partial charge in [-0.2, -0.15) is 15.0 Å². The molecule has 1 rings (SSSR count). The summed E-state index contributed by atoms with van der Waals surface area (Å²) in [6, 6.07) is 0. The van der Waals surface area contributed by atoms with E-state index in [1.54, 1.807) is 17.4 Å². The van der Waals surface area contributed by atoms with Gasteiger partial charge in [0.05, 0.1) is 43.6 Å². The number of hydrogen-bond acceptors (Lipinski definition) is 13. The van der Waals surface area contributed by atoms with Crippen LogP contribution in [-0.2, 0) is 33.2 Å². The summed E-state index contributed by atoms with van der Waals surface area (Å²) in [6.45, 7) is 17.7. The number of hydrogen-bond donors (Lipinski definition) is 1. The Morgan fingerprint density at radius 1 is 0.275 bits per heavy atom. The van der Waals surface area contributed by atoms with Crippen molar-refractivity contribution in [3.8, 4) is 0 Å². The highest BCUT2D eigenvalue weighted by Crippen LogP contribution is 2.25. The van der Waals surface area contributed by atoms with Gasteiger partial charge in [-0.15, -0.1) is 0 Å². The van der Waals surface area contributed by atoms with Crippen molar-refractivity contribution >= 4 is 23.8 Å². The predicted molar refractivity (Wildman–Crippen MR) is 518 cm³/mol. The third-order valence-electron chi connectivity index (χ3n) is 24.1. The lowest BCUT2D eigenvalue weighted by molar-refractivity contribution is -0.131. The molecule has 0 aliphatic heterocycles. The van der Waals surface area contributed by atoms with E-state index in [9.17, 15) is 9.90 Å². The van der Waals surface area contributed by atoms with E-state index in [0.717, 1.165) is 50.9 Å². The standard InChI is InChI=1S/C106H198N6O8/c1-8-13-17-21-25-29-33-37-41-45-47-49-51-55-59-63-67-71-75-79-83-90-116-96-111(97-117-91-84-80-76-72-68-64-60-56-52-50-48-46-42-38-34-30-26-22-18-14-9-2)105-107-104(110(95-115-12-5)98-120-94-89-103(113)114)108-106(109-105)112(99-118-92-87-101(6)85-81-77-73-69-65-61-57-53-43-39-35-31-27-23-19-15-10-3)100-119-93-88-102(7)86-82-78-74-70-66-62-58-54-44-40-36-32-28-24-20-16-11-4/h12,83-84,87-94,101-102H,5,8-11,13-82,85-86,95-100H2,1-4,6-7H3,(H,113,114). The van der Waals surface area contributed by atoms with Gasteiger partial charge in [0.25, 0.3) is 0 Å². The summed E-state index contributed by atoms with van der Waals surface area (Å²) in [4.78, 5) is 32.2. The third kappa shape index (κ3) is 81.5. The maximum Gasteiger partial charge on any atom is 0.331 e. The summed E-state index contributed by atoms with van der Waals surface area (Å²) >= 11 is 0. The van der Waals surface area contributed by atoms with Crippen molar-refractivity contribution < 1.29 is 38.3 Å². The lowest BCUT2D eigenvalue weighted by Crippen LogP contribution is -2.35. The average Bonchev–Trinajstić information content (AvgIpc) is 0.814. The number of carbonyl (C=O) groups is 1. The molecular weight excluding hydrogens is 1490 g/mol. The monoisotopic (exact) mass is 1680 g/mol. The van der Waals surface area contributed by atoms with E-state index in [-0.39, 0.29) is 58.2 Å². The van der Waals surface area contributed by atoms with Gasteiger partial charge in [0.15, 0.2) is 40.4 Å². The maximum absolute atomic E-state index is 11.6. The molecule has 0 amide bonds. The highest BCUT2D eigenvalue weighted by atomic mass is 16.5. The summed E-state index contributed by atoms with van der Waals surface area (Å²) in [5, 5.41) is 9.48. The topological polar surface area (TPSA) is 141 Å². The van der Waals surface area contributed by atoms with E-state index in [4.69, 9.17) is 43.4 Å². The maximum atomic E-state index is 11.6. The van der Waals surface area contributed by atoms with Crippen molar-refractivity contribution in [3.63, 3.8) is 0 Å². The molecule has 0 bridgehead atoms. The number of unbranched alkanes of at least 4 members (excludes halogenated alkanes) is 70. The van der Waals surface area contributed by atoms with Gasteiger partial charge in [-0.25, -0.2) is 4.79 Å². The predicted octanol–water partition coefficient (Wildman–Crippen LogP) is 34.9. The summed E-state index contributed by atoms with van der Waals surface area (Å²) in [7, 11) is 0. The molecule has 0 aliphatic rings. The normalized spacial score (nSPS) is 12.3. The Balaban J connectivity index is 3.31. The Morgan fingerprint density at radius 2 is 0.458 bits per heavy atom. The van der Waals surface area contributed by atoms with Gasteiger partial charge in [-0.05, 0) is 74.7 Å². The number of rotatable bonds is 100. The molecule has 2 atom stereocenters. The average molecular weight is 1680 g/mol. The summed E-state index contributed by atoms with van der Waals surface area (Å²) in [6.07, 6.45) is 122. The van der Waals surface area contributed by atoms with E-state index in [1.165, 1.54) is 456 Å². The number of allylic oxidation sites excluding steroid dienone is 4. The molecule has 0 saturated carbocycles. The number of ether oxygens (including phenoxy) is 6. The molecule has 120 heavy (non-hydrogen) atoms. The first kappa shape index (κ1) is 113. The fourth-order valence-corrected chi connectivity index (χ4v) is 16.0. The summed E-state index contributed by atoms with van der Waals surface area (Å²) < 4.78 is 37.1. The second-order valence-corrected chi connectivity index (χ2v) is 36.0. The lowest BCUT2D eigenvalue weighted by atomic mass is 10.0. The molecule has 0 saturated heterocycles. The Bertz CT molecular complexity index is 2290. The van der Waals surface area contributed by atoms with Crippen LogP contribution in [0, 0.1) is 11.8 Å². The molecule has 1 aromatic rings. The molecular formula is C106H198N6O8. The molecule has 2 unspecified atom stereocenters. The van der Waals surface area contributed by atoms with Crippen molar-refractivity contribution in [3.05, 3.63) is 74.5 Å². The Morgan fingerprint density at radius 3 is 0.667 bits per heavy atom. The van der Waals surface area contributed by atoms with Gasteiger partial charge in [-0.3, -0.25) is 14.7 Å². The number of carboxylic acid groups (broad SMARTS) is 1. The highest BCUT2D eigenvalue weighted by molar-refractivity contribution is 5.79. The Kier molecular flexibility index (Phi) is 89.4. The van der Waals surface area contributed by atoms with Crippen LogP contribution >= 0.6 is 0 Å². The fourth-order valence-electron chi connectivity index (χ4n) is 16.0. The Hall–Kier alpha value is -4.88. The van der Waals surface area contributed by atoms with Gasteiger partial charge in [0.2, 0.25) is 17.8 Å². The lowest BCUT2D eigenvalue weighted by Gasteiger charge is -2.27. The smallest absolute Gasteiger partial charge is 0.331 e. The largest absolute Gasteiger partial charge is 0.481 e. The second kappa shape index (κ2) is 94.8. The highest BCUT2D eigenvalue weighted by Gasteiger charge is 2.23. The fraction of sp³-hybridized carbons (Fsp3) is 0.849. The van der Waals surface area contributed by atoms with E-state index in [1.807, 2.05) is 22.3 Å². The number of carboxylic acids is 1. The quantitative estimate of drug-likeness (QED) is 0.0286. The second-order valence-electron chi connectivity index (χ2n) is 36.0.